The van der Waals surface area contributed by atoms with E-state index in [0.717, 1.165) is 89.9 Å². The van der Waals surface area contributed by atoms with Crippen LogP contribution in [0.4, 0.5) is 0 Å². The van der Waals surface area contributed by atoms with Gasteiger partial charge in [0.25, 0.3) is 7.82 Å². The number of likely N-dealkylation sites (N-methyl/N-ethyl adjacent to an activating group) is 1. The Hall–Kier alpha value is -2.63. The summed E-state index contributed by atoms with van der Waals surface area (Å²) >= 11 is 0. The van der Waals surface area contributed by atoms with Crippen molar-refractivity contribution in [3.8, 4) is 0 Å². The molecule has 0 fully saturated rings. The summed E-state index contributed by atoms with van der Waals surface area (Å²) in [5.74, 6) is -0.991. The number of hydrogen-bond donors (Lipinski definition) is 2. The fourth-order valence-corrected chi connectivity index (χ4v) is 6.43. The van der Waals surface area contributed by atoms with Gasteiger partial charge in [0.2, 0.25) is 0 Å². The van der Waals surface area contributed by atoms with Crippen molar-refractivity contribution < 1.29 is 52.3 Å². The van der Waals surface area contributed by atoms with Gasteiger partial charge < -0.3 is 38.1 Å². The summed E-state index contributed by atoms with van der Waals surface area (Å²) in [6, 6.07) is 0. The Morgan fingerprint density at radius 1 is 0.617 bits per heavy atom. The molecule has 346 valence electrons. The summed E-state index contributed by atoms with van der Waals surface area (Å²) in [4.78, 5) is 37.6. The Bertz CT molecular complexity index is 1290. The van der Waals surface area contributed by atoms with Crippen molar-refractivity contribution in [2.75, 3.05) is 47.5 Å². The van der Waals surface area contributed by atoms with Gasteiger partial charge in [0.1, 0.15) is 19.8 Å². The van der Waals surface area contributed by atoms with Crippen molar-refractivity contribution in [2.24, 2.45) is 0 Å². The average molecular weight is 866 g/mol. The molecule has 0 saturated heterocycles. The average Bonchev–Trinajstić information content (AvgIpc) is 3.19. The first-order chi connectivity index (χ1) is 28.8. The van der Waals surface area contributed by atoms with Crippen LogP contribution >= 0.6 is 7.82 Å². The molecule has 11 nitrogen and oxygen atoms in total. The van der Waals surface area contributed by atoms with Crippen LogP contribution in [-0.2, 0) is 32.7 Å². The maximum absolute atomic E-state index is 12.7. The van der Waals surface area contributed by atoms with E-state index >= 15 is 0 Å². The standard InChI is InChI=1S/C48H84NO10P/c1-6-8-10-12-14-15-16-17-18-19-20-21-22-23-24-25-26-30-34-38-47(52)56-42-44(43-58-60(54,55)57-41-40-49(3,4)5)59-48(53)39-35-31-27-29-33-37-46(51)45(50)36-32-28-13-11-9-7-2/h8,10,14-15,17-18,20-21,23-24,28,32,44-46,50-51H,6-7,9,11-13,16,19,22,25-27,29-31,33-43H2,1-5H3/b10-8-,15-14-,18-17-,21-20-,24-23-,32-28-/t44-,45+,46+/m1/s1. The van der Waals surface area contributed by atoms with E-state index in [1.807, 2.05) is 27.2 Å². The molecule has 0 aromatic heterocycles. The van der Waals surface area contributed by atoms with E-state index in [1.165, 1.54) is 12.8 Å². The van der Waals surface area contributed by atoms with Crippen molar-refractivity contribution in [3.63, 3.8) is 0 Å². The minimum atomic E-state index is -4.68. The topological polar surface area (TPSA) is 152 Å². The number of quaternary nitrogens is 1. The first kappa shape index (κ1) is 57.4. The van der Waals surface area contributed by atoms with Crippen molar-refractivity contribution in [1.29, 1.82) is 0 Å². The molecule has 60 heavy (non-hydrogen) atoms. The van der Waals surface area contributed by atoms with Gasteiger partial charge in [-0.15, -0.1) is 0 Å². The second kappa shape index (κ2) is 39.2. The van der Waals surface area contributed by atoms with Crippen LogP contribution in [0.25, 0.3) is 0 Å². The molecule has 0 radical (unpaired) electrons. The van der Waals surface area contributed by atoms with Crippen LogP contribution in [0.3, 0.4) is 0 Å². The van der Waals surface area contributed by atoms with Crippen LogP contribution in [-0.4, -0.2) is 92.5 Å². The number of allylic oxidation sites excluding steroid dienone is 11. The molecule has 0 aliphatic heterocycles. The van der Waals surface area contributed by atoms with E-state index in [9.17, 15) is 29.3 Å². The highest BCUT2D eigenvalue weighted by Crippen LogP contribution is 2.38. The monoisotopic (exact) mass is 866 g/mol. The molecule has 2 N–H and O–H groups in total. The van der Waals surface area contributed by atoms with Crippen LogP contribution in [0.1, 0.15) is 155 Å². The van der Waals surface area contributed by atoms with Crippen molar-refractivity contribution in [1.82, 2.24) is 0 Å². The quantitative estimate of drug-likeness (QED) is 0.0200. The molecule has 0 aliphatic rings. The number of rotatable bonds is 40. The summed E-state index contributed by atoms with van der Waals surface area (Å²) < 4.78 is 33.8. The summed E-state index contributed by atoms with van der Waals surface area (Å²) in [5, 5.41) is 20.5. The molecule has 0 amide bonds. The van der Waals surface area contributed by atoms with Crippen molar-refractivity contribution >= 4 is 19.8 Å². The van der Waals surface area contributed by atoms with Gasteiger partial charge >= 0.3 is 11.9 Å². The van der Waals surface area contributed by atoms with Gasteiger partial charge in [-0.25, -0.2) is 0 Å². The van der Waals surface area contributed by atoms with E-state index in [0.29, 0.717) is 36.7 Å². The van der Waals surface area contributed by atoms with E-state index in [2.05, 4.69) is 80.7 Å². The van der Waals surface area contributed by atoms with Crippen LogP contribution < -0.4 is 4.89 Å². The molecule has 0 aliphatic carbocycles. The number of aliphatic hydroxyl groups is 2. The van der Waals surface area contributed by atoms with Gasteiger partial charge in [0, 0.05) is 12.8 Å². The Labute approximate surface area is 364 Å². The van der Waals surface area contributed by atoms with E-state index in [1.54, 1.807) is 0 Å². The molecular weight excluding hydrogens is 781 g/mol. The van der Waals surface area contributed by atoms with Gasteiger partial charge in [-0.05, 0) is 83.5 Å². The minimum Gasteiger partial charge on any atom is -0.756 e. The predicted molar refractivity (Wildman–Crippen MR) is 243 cm³/mol. The Morgan fingerprint density at radius 3 is 1.73 bits per heavy atom. The lowest BCUT2D eigenvalue weighted by atomic mass is 10.0. The number of carbonyl (C=O) groups is 2. The Balaban J connectivity index is 4.53. The fraction of sp³-hybridized carbons (Fsp3) is 0.708. The van der Waals surface area contributed by atoms with E-state index < -0.39 is 44.7 Å². The van der Waals surface area contributed by atoms with Gasteiger partial charge in [0.05, 0.1) is 40.0 Å². The molecule has 0 saturated carbocycles. The van der Waals surface area contributed by atoms with E-state index in [4.69, 9.17) is 18.5 Å². The van der Waals surface area contributed by atoms with Crippen LogP contribution in [0.5, 0.6) is 0 Å². The first-order valence-electron chi connectivity index (χ1n) is 22.8. The highest BCUT2D eigenvalue weighted by molar-refractivity contribution is 7.45. The van der Waals surface area contributed by atoms with Crippen molar-refractivity contribution in [3.05, 3.63) is 72.9 Å². The second-order valence-corrected chi connectivity index (χ2v) is 17.7. The second-order valence-electron chi connectivity index (χ2n) is 16.3. The molecule has 1 unspecified atom stereocenters. The highest BCUT2D eigenvalue weighted by Gasteiger charge is 2.22. The minimum absolute atomic E-state index is 0.0686. The summed E-state index contributed by atoms with van der Waals surface area (Å²) in [5.41, 5.74) is 0. The zero-order chi connectivity index (χ0) is 44.6. The molecule has 0 spiro atoms. The third kappa shape index (κ3) is 40.8. The molecular formula is C48H84NO10P. The first-order valence-corrected chi connectivity index (χ1v) is 24.3. The normalized spacial score (nSPS) is 15.3. The molecule has 0 aromatic carbocycles. The number of phosphoric acid groups is 1. The fourth-order valence-electron chi connectivity index (χ4n) is 5.70. The van der Waals surface area contributed by atoms with Crippen LogP contribution in [0, 0.1) is 0 Å². The lowest BCUT2D eigenvalue weighted by Crippen LogP contribution is -2.37. The Kier molecular flexibility index (Phi) is 37.5. The maximum atomic E-state index is 12.7. The summed E-state index contributed by atoms with van der Waals surface area (Å²) in [6.45, 7) is 3.82. The number of nitrogens with zero attached hydrogens (tertiary/aromatic N) is 1. The summed E-state index contributed by atoms with van der Waals surface area (Å²) in [6.07, 6.45) is 40.9. The molecule has 4 atom stereocenters. The molecule has 0 bridgehead atoms. The SMILES string of the molecule is CC/C=C\C/C=C\C/C=C\C/C=C\C/C=C\CCCCCC(=O)OC[C@H](COP(=O)([O-])OCC[N+](C)(C)C)OC(=O)CCCCCCC[C@H](O)[C@@H](O)C/C=C\CCCCC. The number of aliphatic hydroxyl groups excluding tert-OH is 2. The molecule has 12 heteroatoms. The largest absolute Gasteiger partial charge is 0.756 e. The zero-order valence-corrected chi connectivity index (χ0v) is 39.0. The third-order valence-corrected chi connectivity index (χ3v) is 10.4. The predicted octanol–water partition coefficient (Wildman–Crippen LogP) is 10.3. The Morgan fingerprint density at radius 2 is 1.13 bits per heavy atom. The number of unbranched alkanes of at least 4 members (excludes halogenated alkanes) is 10. The third-order valence-electron chi connectivity index (χ3n) is 9.41. The van der Waals surface area contributed by atoms with Gasteiger partial charge in [-0.2, -0.15) is 0 Å². The van der Waals surface area contributed by atoms with Crippen LogP contribution in [0.2, 0.25) is 0 Å². The molecule has 0 rings (SSSR count). The summed E-state index contributed by atoms with van der Waals surface area (Å²) in [7, 11) is 1.04. The van der Waals surface area contributed by atoms with Gasteiger partial charge in [-0.1, -0.05) is 132 Å². The lowest BCUT2D eigenvalue weighted by Gasteiger charge is -2.28. The zero-order valence-electron chi connectivity index (χ0n) is 38.1. The van der Waals surface area contributed by atoms with Gasteiger partial charge in [0.15, 0.2) is 6.10 Å². The van der Waals surface area contributed by atoms with Crippen LogP contribution in [0.15, 0.2) is 72.9 Å². The van der Waals surface area contributed by atoms with Gasteiger partial charge in [-0.3, -0.25) is 14.2 Å². The molecule has 0 aromatic rings. The number of esters is 2. The van der Waals surface area contributed by atoms with E-state index in [-0.39, 0.29) is 26.1 Å². The lowest BCUT2D eigenvalue weighted by molar-refractivity contribution is -0.870. The smallest absolute Gasteiger partial charge is 0.306 e. The molecule has 0 heterocycles. The highest BCUT2D eigenvalue weighted by atomic mass is 31.2. The van der Waals surface area contributed by atoms with Crippen molar-refractivity contribution in [2.45, 2.75) is 173 Å². The number of ether oxygens (including phenoxy) is 2. The number of hydrogen-bond acceptors (Lipinski definition) is 10. The maximum Gasteiger partial charge on any atom is 0.306 e. The number of phosphoric ester groups is 1. The number of carbonyl (C=O) groups excluding carboxylic acids is 2.